The Hall–Kier alpha value is -1.34. The first kappa shape index (κ1) is 13.1. The van der Waals surface area contributed by atoms with E-state index in [1.807, 2.05) is 0 Å². The zero-order valence-electron chi connectivity index (χ0n) is 10.5. The average Bonchev–Trinajstić information content (AvgIpc) is 2.41. The molecule has 0 aromatic carbocycles. The van der Waals surface area contributed by atoms with Crippen LogP contribution in [-0.2, 0) is 16.2 Å². The van der Waals surface area contributed by atoms with E-state index in [1.165, 1.54) is 23.9 Å². The first-order valence-electron chi connectivity index (χ1n) is 5.55. The van der Waals surface area contributed by atoms with Crippen molar-refractivity contribution < 1.29 is 9.63 Å². The van der Waals surface area contributed by atoms with E-state index in [2.05, 4.69) is 4.98 Å². The third kappa shape index (κ3) is 2.28. The maximum Gasteiger partial charge on any atom is 0.257 e. The third-order valence-corrected chi connectivity index (χ3v) is 4.09. The number of carbonyl (C=O) groups is 1. The van der Waals surface area contributed by atoms with Crippen LogP contribution in [0.15, 0.2) is 16.1 Å². The van der Waals surface area contributed by atoms with Crippen molar-refractivity contribution in [2.45, 2.75) is 18.6 Å². The van der Waals surface area contributed by atoms with E-state index in [1.54, 1.807) is 24.7 Å². The molecule has 1 atom stereocenters. The molecule has 0 saturated heterocycles. The highest BCUT2D eigenvalue weighted by molar-refractivity contribution is 7.99. The van der Waals surface area contributed by atoms with Crippen LogP contribution in [0, 0.1) is 12.8 Å². The van der Waals surface area contributed by atoms with Crippen LogP contribution >= 0.6 is 11.8 Å². The van der Waals surface area contributed by atoms with Crippen LogP contribution in [0.1, 0.15) is 5.56 Å². The van der Waals surface area contributed by atoms with Crippen molar-refractivity contribution in [3.63, 3.8) is 0 Å². The van der Waals surface area contributed by atoms with Crippen molar-refractivity contribution in [3.05, 3.63) is 22.1 Å². The van der Waals surface area contributed by atoms with Crippen molar-refractivity contribution >= 4 is 17.7 Å². The van der Waals surface area contributed by atoms with Gasteiger partial charge in [-0.1, -0.05) is 11.8 Å². The van der Waals surface area contributed by atoms with Gasteiger partial charge in [-0.15, -0.1) is 0 Å². The van der Waals surface area contributed by atoms with Gasteiger partial charge < -0.3 is 0 Å². The Labute approximate surface area is 109 Å². The lowest BCUT2D eigenvalue weighted by atomic mass is 10.1. The minimum atomic E-state index is -0.256. The fourth-order valence-corrected chi connectivity index (χ4v) is 2.84. The maximum absolute atomic E-state index is 12.0. The molecule has 2 heterocycles. The second-order valence-corrected chi connectivity index (χ2v) is 5.15. The van der Waals surface area contributed by atoms with Gasteiger partial charge in [-0.2, -0.15) is 0 Å². The second kappa shape index (κ2) is 5.11. The first-order valence-corrected chi connectivity index (χ1v) is 6.54. The van der Waals surface area contributed by atoms with Crippen molar-refractivity contribution in [2.75, 3.05) is 19.9 Å². The number of thioether (sulfide) groups is 1. The van der Waals surface area contributed by atoms with Gasteiger partial charge in [0, 0.05) is 31.1 Å². The molecule has 0 aliphatic carbocycles. The van der Waals surface area contributed by atoms with Crippen molar-refractivity contribution in [1.29, 1.82) is 0 Å². The number of hydroxylamine groups is 2. The predicted octanol–water partition coefficient (Wildman–Crippen LogP) is 0.293. The molecule has 0 spiro atoms. The van der Waals surface area contributed by atoms with Crippen molar-refractivity contribution in [2.24, 2.45) is 5.92 Å². The summed E-state index contributed by atoms with van der Waals surface area (Å²) in [5.41, 5.74) is 0.512. The van der Waals surface area contributed by atoms with Gasteiger partial charge in [-0.25, -0.2) is 10.0 Å². The van der Waals surface area contributed by atoms with Gasteiger partial charge in [0.05, 0.1) is 13.0 Å². The number of fused-ring (bicyclic) bond motifs is 1. The Bertz CT molecular complexity index is 529. The van der Waals surface area contributed by atoms with Gasteiger partial charge in [0.2, 0.25) is 0 Å². The molecule has 1 aromatic heterocycles. The van der Waals surface area contributed by atoms with Crippen LogP contribution in [0.4, 0.5) is 0 Å². The van der Waals surface area contributed by atoms with E-state index in [-0.39, 0.29) is 17.4 Å². The quantitative estimate of drug-likeness (QED) is 0.570. The minimum absolute atomic E-state index is 0.0786. The Kier molecular flexibility index (Phi) is 3.72. The molecule has 6 nitrogen and oxygen atoms in total. The van der Waals surface area contributed by atoms with Crippen molar-refractivity contribution in [1.82, 2.24) is 14.6 Å². The summed E-state index contributed by atoms with van der Waals surface area (Å²) in [6, 6.07) is 0. The number of aromatic nitrogens is 2. The molecular weight excluding hydrogens is 254 g/mol. The average molecular weight is 269 g/mol. The van der Waals surface area contributed by atoms with E-state index in [0.717, 1.165) is 0 Å². The van der Waals surface area contributed by atoms with Crippen LogP contribution in [0.25, 0.3) is 0 Å². The SMILES string of the molecule is CON(C)C(=O)C1CSc2ncc(C)c(=O)n2C1. The Balaban J connectivity index is 2.27. The number of hydrogen-bond donors (Lipinski definition) is 0. The molecule has 0 radical (unpaired) electrons. The largest absolute Gasteiger partial charge is 0.287 e. The molecule has 1 aliphatic rings. The van der Waals surface area contributed by atoms with Gasteiger partial charge in [0.15, 0.2) is 5.16 Å². The fraction of sp³-hybridized carbons (Fsp3) is 0.545. The Morgan fingerprint density at radius 3 is 3.06 bits per heavy atom. The zero-order valence-corrected chi connectivity index (χ0v) is 11.4. The number of aryl methyl sites for hydroxylation is 1. The van der Waals surface area contributed by atoms with Gasteiger partial charge in [-0.3, -0.25) is 19.0 Å². The Morgan fingerprint density at radius 2 is 2.39 bits per heavy atom. The summed E-state index contributed by atoms with van der Waals surface area (Å²) in [4.78, 5) is 33.0. The number of carbonyl (C=O) groups excluding carboxylic acids is 1. The first-order chi connectivity index (χ1) is 8.54. The molecule has 1 aromatic rings. The fourth-order valence-electron chi connectivity index (χ4n) is 1.80. The summed E-state index contributed by atoms with van der Waals surface area (Å²) in [6.07, 6.45) is 1.57. The van der Waals surface area contributed by atoms with E-state index in [9.17, 15) is 9.59 Å². The van der Waals surface area contributed by atoms with Gasteiger partial charge in [-0.05, 0) is 6.92 Å². The number of hydrogen-bond acceptors (Lipinski definition) is 5. The van der Waals surface area contributed by atoms with E-state index >= 15 is 0 Å². The third-order valence-electron chi connectivity index (χ3n) is 2.93. The number of rotatable bonds is 2. The molecule has 0 fully saturated rings. The number of nitrogens with zero attached hydrogens (tertiary/aromatic N) is 3. The lowest BCUT2D eigenvalue weighted by Gasteiger charge is -2.26. The molecule has 1 aliphatic heterocycles. The highest BCUT2D eigenvalue weighted by Gasteiger charge is 2.29. The van der Waals surface area contributed by atoms with Crippen molar-refractivity contribution in [3.8, 4) is 0 Å². The monoisotopic (exact) mass is 269 g/mol. The maximum atomic E-state index is 12.0. The summed E-state index contributed by atoms with van der Waals surface area (Å²) in [7, 11) is 3.01. The van der Waals surface area contributed by atoms with E-state index in [0.29, 0.717) is 23.0 Å². The molecule has 2 rings (SSSR count). The van der Waals surface area contributed by atoms with Crippen LogP contribution in [0.2, 0.25) is 0 Å². The Morgan fingerprint density at radius 1 is 1.67 bits per heavy atom. The molecular formula is C11H15N3O3S. The number of amides is 1. The van der Waals surface area contributed by atoms with Gasteiger partial charge >= 0.3 is 0 Å². The van der Waals surface area contributed by atoms with E-state index < -0.39 is 0 Å². The van der Waals surface area contributed by atoms with E-state index in [4.69, 9.17) is 4.84 Å². The molecule has 1 amide bonds. The standard InChI is InChI=1S/C11H15N3O3S/c1-7-4-12-11-14(9(7)15)5-8(6-18-11)10(16)13(2)17-3/h4,8H,5-6H2,1-3H3. The minimum Gasteiger partial charge on any atom is -0.287 e. The predicted molar refractivity (Wildman–Crippen MR) is 67.2 cm³/mol. The lowest BCUT2D eigenvalue weighted by Crippen LogP contribution is -2.40. The van der Waals surface area contributed by atoms with Crippen LogP contribution in [0.5, 0.6) is 0 Å². The van der Waals surface area contributed by atoms with Gasteiger partial charge in [0.25, 0.3) is 11.5 Å². The summed E-state index contributed by atoms with van der Waals surface area (Å²) >= 11 is 1.42. The summed E-state index contributed by atoms with van der Waals surface area (Å²) in [6.45, 7) is 2.09. The summed E-state index contributed by atoms with van der Waals surface area (Å²) in [5.74, 6) is 0.236. The molecule has 0 bridgehead atoms. The second-order valence-electron chi connectivity index (χ2n) is 4.17. The smallest absolute Gasteiger partial charge is 0.257 e. The lowest BCUT2D eigenvalue weighted by molar-refractivity contribution is -0.173. The van der Waals surface area contributed by atoms with Crippen LogP contribution in [0.3, 0.4) is 0 Å². The normalized spacial score (nSPS) is 18.3. The summed E-state index contributed by atoms with van der Waals surface area (Å²) < 4.78 is 1.57. The topological polar surface area (TPSA) is 64.4 Å². The van der Waals surface area contributed by atoms with Crippen LogP contribution < -0.4 is 5.56 Å². The zero-order chi connectivity index (χ0) is 13.3. The highest BCUT2D eigenvalue weighted by atomic mass is 32.2. The summed E-state index contributed by atoms with van der Waals surface area (Å²) in [5, 5.41) is 1.87. The molecule has 0 N–H and O–H groups in total. The molecule has 98 valence electrons. The molecule has 7 heteroatoms. The molecule has 1 unspecified atom stereocenters. The van der Waals surface area contributed by atoms with Crippen LogP contribution in [-0.4, -0.2) is 40.4 Å². The molecule has 0 saturated carbocycles. The van der Waals surface area contributed by atoms with Gasteiger partial charge in [0.1, 0.15) is 0 Å². The molecule has 18 heavy (non-hydrogen) atoms. The highest BCUT2D eigenvalue weighted by Crippen LogP contribution is 2.25.